The van der Waals surface area contributed by atoms with Crippen LogP contribution >= 0.6 is 0 Å². The number of aliphatic hydroxyl groups is 1. The van der Waals surface area contributed by atoms with Gasteiger partial charge in [0.25, 0.3) is 0 Å². The van der Waals surface area contributed by atoms with Crippen LogP contribution in [0.3, 0.4) is 0 Å². The number of aromatic nitrogens is 5. The summed E-state index contributed by atoms with van der Waals surface area (Å²) in [6, 6.07) is 13.6. The molecule has 2 heterocycles. The summed E-state index contributed by atoms with van der Waals surface area (Å²) < 4.78 is 1.65. The van der Waals surface area contributed by atoms with Crippen LogP contribution < -0.4 is 5.32 Å². The molecule has 3 aromatic rings. The van der Waals surface area contributed by atoms with Gasteiger partial charge in [-0.15, -0.1) is 0 Å². The fourth-order valence-corrected chi connectivity index (χ4v) is 2.93. The average Bonchev–Trinajstić information content (AvgIpc) is 3.03. The molecule has 4 rings (SSSR count). The zero-order chi connectivity index (χ0) is 15.7. The van der Waals surface area contributed by atoms with Crippen LogP contribution in [0.4, 0.5) is 5.95 Å². The van der Waals surface area contributed by atoms with Crippen LogP contribution in [-0.2, 0) is 5.60 Å². The summed E-state index contributed by atoms with van der Waals surface area (Å²) in [4.78, 5) is 4.07. The molecule has 7 heteroatoms. The summed E-state index contributed by atoms with van der Waals surface area (Å²) in [7, 11) is 0. The predicted molar refractivity (Wildman–Crippen MR) is 83.9 cm³/mol. The van der Waals surface area contributed by atoms with E-state index in [4.69, 9.17) is 0 Å². The Balaban J connectivity index is 1.47. The topological polar surface area (TPSA) is 88.8 Å². The van der Waals surface area contributed by atoms with Gasteiger partial charge in [-0.3, -0.25) is 4.98 Å². The molecule has 0 radical (unpaired) electrons. The fraction of sp³-hybridized carbons (Fsp3) is 0.250. The Hall–Kier alpha value is -2.80. The lowest BCUT2D eigenvalue weighted by molar-refractivity contribution is -0.0476. The van der Waals surface area contributed by atoms with Crippen molar-refractivity contribution in [1.82, 2.24) is 25.2 Å². The lowest BCUT2D eigenvalue weighted by Crippen LogP contribution is -2.48. The van der Waals surface area contributed by atoms with Crippen LogP contribution in [0, 0.1) is 0 Å². The SMILES string of the molecule is OC1(c2cccnc2)CC(Nc2nnnn2-c2ccccc2)C1. The Morgan fingerprint density at radius 3 is 2.70 bits per heavy atom. The van der Waals surface area contributed by atoms with Gasteiger partial charge in [0.15, 0.2) is 0 Å². The molecule has 116 valence electrons. The van der Waals surface area contributed by atoms with E-state index in [9.17, 15) is 5.11 Å². The van der Waals surface area contributed by atoms with Crippen LogP contribution in [0.5, 0.6) is 0 Å². The lowest BCUT2D eigenvalue weighted by Gasteiger charge is -2.44. The number of pyridine rings is 1. The minimum Gasteiger partial charge on any atom is -0.385 e. The van der Waals surface area contributed by atoms with E-state index in [0.717, 1.165) is 11.3 Å². The summed E-state index contributed by atoms with van der Waals surface area (Å²) in [5.41, 5.74) is 0.916. The Bertz CT molecular complexity index is 783. The second kappa shape index (κ2) is 5.44. The molecule has 1 saturated carbocycles. The van der Waals surface area contributed by atoms with Gasteiger partial charge in [-0.1, -0.05) is 29.4 Å². The Morgan fingerprint density at radius 2 is 1.96 bits per heavy atom. The van der Waals surface area contributed by atoms with Crippen molar-refractivity contribution in [3.05, 3.63) is 60.4 Å². The van der Waals surface area contributed by atoms with Crippen LogP contribution in [0.15, 0.2) is 54.9 Å². The molecule has 0 spiro atoms. The molecular formula is C16H16N6O. The molecule has 0 unspecified atom stereocenters. The first-order chi connectivity index (χ1) is 11.2. The highest BCUT2D eigenvalue weighted by Crippen LogP contribution is 2.42. The molecule has 0 bridgehead atoms. The van der Waals surface area contributed by atoms with Crippen molar-refractivity contribution in [1.29, 1.82) is 0 Å². The van der Waals surface area contributed by atoms with E-state index in [1.54, 1.807) is 17.1 Å². The van der Waals surface area contributed by atoms with Crippen molar-refractivity contribution in [3.8, 4) is 5.69 Å². The number of hydrogen-bond donors (Lipinski definition) is 2. The molecule has 0 saturated heterocycles. The minimum absolute atomic E-state index is 0.119. The van der Waals surface area contributed by atoms with E-state index in [2.05, 4.69) is 25.8 Å². The predicted octanol–water partition coefficient (Wildman–Crippen LogP) is 1.52. The van der Waals surface area contributed by atoms with Crippen molar-refractivity contribution >= 4 is 5.95 Å². The summed E-state index contributed by atoms with van der Waals surface area (Å²) in [6.07, 6.45) is 4.61. The first-order valence-corrected chi connectivity index (χ1v) is 7.48. The number of para-hydroxylation sites is 1. The van der Waals surface area contributed by atoms with Crippen molar-refractivity contribution in [2.75, 3.05) is 5.32 Å². The minimum atomic E-state index is -0.822. The Morgan fingerprint density at radius 1 is 1.13 bits per heavy atom. The van der Waals surface area contributed by atoms with Crippen LogP contribution in [-0.4, -0.2) is 36.3 Å². The summed E-state index contributed by atoms with van der Waals surface area (Å²) in [5, 5.41) is 25.7. The molecule has 0 atom stereocenters. The van der Waals surface area contributed by atoms with Crippen molar-refractivity contribution in [2.45, 2.75) is 24.5 Å². The van der Waals surface area contributed by atoms with Gasteiger partial charge in [0.2, 0.25) is 5.95 Å². The van der Waals surface area contributed by atoms with Crippen LogP contribution in [0.25, 0.3) is 5.69 Å². The Labute approximate surface area is 133 Å². The van der Waals surface area contributed by atoms with Gasteiger partial charge in [0.05, 0.1) is 11.3 Å². The van der Waals surface area contributed by atoms with Gasteiger partial charge in [0.1, 0.15) is 0 Å². The summed E-state index contributed by atoms with van der Waals surface area (Å²) >= 11 is 0. The standard InChI is InChI=1S/C16H16N6O/c23-16(12-5-4-8-17-11-12)9-13(10-16)18-15-19-20-21-22(15)14-6-2-1-3-7-14/h1-8,11,13,23H,9-10H2,(H,18,19,21). The van der Waals surface area contributed by atoms with E-state index >= 15 is 0 Å². The zero-order valence-electron chi connectivity index (χ0n) is 12.4. The van der Waals surface area contributed by atoms with Gasteiger partial charge in [0, 0.05) is 36.8 Å². The first kappa shape index (κ1) is 13.8. The maximum absolute atomic E-state index is 10.6. The molecule has 1 aromatic carbocycles. The zero-order valence-corrected chi connectivity index (χ0v) is 12.4. The molecule has 0 amide bonds. The first-order valence-electron chi connectivity index (χ1n) is 7.48. The second-order valence-electron chi connectivity index (χ2n) is 5.77. The molecule has 7 nitrogen and oxygen atoms in total. The van der Waals surface area contributed by atoms with Gasteiger partial charge < -0.3 is 10.4 Å². The number of rotatable bonds is 4. The molecule has 1 fully saturated rings. The monoisotopic (exact) mass is 308 g/mol. The maximum Gasteiger partial charge on any atom is 0.247 e. The number of nitrogens with zero attached hydrogens (tertiary/aromatic N) is 5. The highest BCUT2D eigenvalue weighted by molar-refractivity contribution is 5.40. The van der Waals surface area contributed by atoms with E-state index < -0.39 is 5.60 Å². The smallest absolute Gasteiger partial charge is 0.247 e. The normalized spacial score (nSPS) is 23.3. The molecule has 2 N–H and O–H groups in total. The molecule has 2 aromatic heterocycles. The molecule has 23 heavy (non-hydrogen) atoms. The van der Waals surface area contributed by atoms with Gasteiger partial charge in [-0.05, 0) is 28.6 Å². The van der Waals surface area contributed by atoms with E-state index in [0.29, 0.717) is 18.8 Å². The molecule has 1 aliphatic carbocycles. The Kier molecular flexibility index (Phi) is 3.27. The van der Waals surface area contributed by atoms with Crippen molar-refractivity contribution in [2.24, 2.45) is 0 Å². The van der Waals surface area contributed by atoms with Gasteiger partial charge in [-0.25, -0.2) is 0 Å². The number of hydrogen-bond acceptors (Lipinski definition) is 6. The number of benzene rings is 1. The largest absolute Gasteiger partial charge is 0.385 e. The quantitative estimate of drug-likeness (QED) is 0.759. The fourth-order valence-electron chi connectivity index (χ4n) is 2.93. The molecule has 0 aliphatic heterocycles. The highest BCUT2D eigenvalue weighted by atomic mass is 16.3. The molecular weight excluding hydrogens is 292 g/mol. The third-order valence-electron chi connectivity index (χ3n) is 4.17. The molecule has 1 aliphatic rings. The third-order valence-corrected chi connectivity index (χ3v) is 4.17. The average molecular weight is 308 g/mol. The second-order valence-corrected chi connectivity index (χ2v) is 5.77. The van der Waals surface area contributed by atoms with Gasteiger partial charge in [-0.2, -0.15) is 4.68 Å². The van der Waals surface area contributed by atoms with Gasteiger partial charge >= 0.3 is 0 Å². The van der Waals surface area contributed by atoms with E-state index in [-0.39, 0.29) is 6.04 Å². The van der Waals surface area contributed by atoms with Crippen molar-refractivity contribution in [3.63, 3.8) is 0 Å². The van der Waals surface area contributed by atoms with Crippen LogP contribution in [0.1, 0.15) is 18.4 Å². The van der Waals surface area contributed by atoms with Crippen LogP contribution in [0.2, 0.25) is 0 Å². The number of anilines is 1. The van der Waals surface area contributed by atoms with E-state index in [1.165, 1.54) is 0 Å². The van der Waals surface area contributed by atoms with Crippen molar-refractivity contribution < 1.29 is 5.11 Å². The summed E-state index contributed by atoms with van der Waals surface area (Å²) in [6.45, 7) is 0. The highest BCUT2D eigenvalue weighted by Gasteiger charge is 2.44. The number of tetrazole rings is 1. The number of nitrogens with one attached hydrogen (secondary N) is 1. The summed E-state index contributed by atoms with van der Waals surface area (Å²) in [5.74, 6) is 0.578. The lowest BCUT2D eigenvalue weighted by atomic mass is 9.72. The maximum atomic E-state index is 10.6. The third kappa shape index (κ3) is 2.55. The van der Waals surface area contributed by atoms with E-state index in [1.807, 2.05) is 42.5 Å².